The summed E-state index contributed by atoms with van der Waals surface area (Å²) in [6.45, 7) is 1.98. The van der Waals surface area contributed by atoms with Crippen molar-refractivity contribution in [2.75, 3.05) is 0 Å². The van der Waals surface area contributed by atoms with Crippen molar-refractivity contribution in [2.24, 2.45) is 0 Å². The molecular weight excluding hydrogens is 234 g/mol. The van der Waals surface area contributed by atoms with Crippen molar-refractivity contribution in [1.82, 2.24) is 0 Å². The first kappa shape index (κ1) is 12.8. The summed E-state index contributed by atoms with van der Waals surface area (Å²) in [7, 11) is 0. The summed E-state index contributed by atoms with van der Waals surface area (Å²) in [6, 6.07) is 18.6. The molecule has 0 aliphatic carbocycles. The Morgan fingerprint density at radius 1 is 1.00 bits per heavy atom. The zero-order valence-electron chi connectivity index (χ0n) is 10.6. The SMILES string of the molecule is Cc1ccc(/C(C#N)=C/C(=O)c2ccccc2)cc1. The van der Waals surface area contributed by atoms with E-state index in [2.05, 4.69) is 6.07 Å². The van der Waals surface area contributed by atoms with Crippen LogP contribution in [0.4, 0.5) is 0 Å². The molecular formula is C17H13NO. The summed E-state index contributed by atoms with van der Waals surface area (Å²) in [5.41, 5.74) is 2.85. The Labute approximate surface area is 112 Å². The van der Waals surface area contributed by atoms with Gasteiger partial charge in [0.2, 0.25) is 0 Å². The van der Waals surface area contributed by atoms with Crippen LogP contribution < -0.4 is 0 Å². The van der Waals surface area contributed by atoms with Gasteiger partial charge in [0.25, 0.3) is 0 Å². The number of nitriles is 1. The van der Waals surface area contributed by atoms with E-state index in [0.29, 0.717) is 11.1 Å². The quantitative estimate of drug-likeness (QED) is 0.470. The smallest absolute Gasteiger partial charge is 0.187 e. The molecule has 0 heterocycles. The van der Waals surface area contributed by atoms with Gasteiger partial charge >= 0.3 is 0 Å². The molecule has 19 heavy (non-hydrogen) atoms. The molecule has 0 aromatic heterocycles. The van der Waals surface area contributed by atoms with Crippen molar-refractivity contribution < 1.29 is 4.79 Å². The number of allylic oxidation sites excluding steroid dienone is 2. The van der Waals surface area contributed by atoms with Crippen LogP contribution in [-0.4, -0.2) is 5.78 Å². The summed E-state index contributed by atoms with van der Waals surface area (Å²) >= 11 is 0. The van der Waals surface area contributed by atoms with E-state index in [1.165, 1.54) is 6.08 Å². The highest BCUT2D eigenvalue weighted by molar-refractivity contribution is 6.10. The number of rotatable bonds is 3. The second-order valence-electron chi connectivity index (χ2n) is 4.27. The highest BCUT2D eigenvalue weighted by Gasteiger charge is 2.06. The van der Waals surface area contributed by atoms with Gasteiger partial charge in [0.05, 0.1) is 11.6 Å². The maximum Gasteiger partial charge on any atom is 0.187 e. The molecule has 0 unspecified atom stereocenters. The normalized spacial score (nSPS) is 10.8. The van der Waals surface area contributed by atoms with Gasteiger partial charge in [-0.2, -0.15) is 5.26 Å². The minimum Gasteiger partial charge on any atom is -0.289 e. The summed E-state index contributed by atoms with van der Waals surface area (Å²) < 4.78 is 0. The standard InChI is InChI=1S/C17H13NO/c1-13-7-9-14(10-8-13)16(12-18)11-17(19)15-5-3-2-4-6-15/h2-11H,1H3/b16-11+. The average Bonchev–Trinajstić information content (AvgIpc) is 2.46. The zero-order valence-corrected chi connectivity index (χ0v) is 10.6. The van der Waals surface area contributed by atoms with Gasteiger partial charge in [-0.3, -0.25) is 4.79 Å². The number of carbonyl (C=O) groups is 1. The minimum absolute atomic E-state index is 0.155. The van der Waals surface area contributed by atoms with Gasteiger partial charge in [0.1, 0.15) is 0 Å². The van der Waals surface area contributed by atoms with Crippen LogP contribution in [0.15, 0.2) is 60.7 Å². The Hall–Kier alpha value is -2.66. The van der Waals surface area contributed by atoms with Gasteiger partial charge in [-0.25, -0.2) is 0 Å². The fourth-order valence-electron chi connectivity index (χ4n) is 1.73. The molecule has 0 saturated heterocycles. The molecule has 0 saturated carbocycles. The first-order chi connectivity index (χ1) is 9.20. The molecule has 2 nitrogen and oxygen atoms in total. The topological polar surface area (TPSA) is 40.9 Å². The molecule has 92 valence electrons. The predicted molar refractivity (Wildman–Crippen MR) is 75.5 cm³/mol. The Morgan fingerprint density at radius 2 is 1.63 bits per heavy atom. The maximum atomic E-state index is 12.0. The highest BCUT2D eigenvalue weighted by atomic mass is 16.1. The molecule has 0 aliphatic heterocycles. The van der Waals surface area contributed by atoms with Crippen LogP contribution in [0.3, 0.4) is 0 Å². The summed E-state index contributed by atoms with van der Waals surface area (Å²) in [6.07, 6.45) is 1.39. The largest absolute Gasteiger partial charge is 0.289 e. The third kappa shape index (κ3) is 3.17. The summed E-state index contributed by atoms with van der Waals surface area (Å²) in [4.78, 5) is 12.0. The number of hydrogen-bond donors (Lipinski definition) is 0. The third-order valence-electron chi connectivity index (χ3n) is 2.82. The number of aryl methyl sites for hydroxylation is 1. The highest BCUT2D eigenvalue weighted by Crippen LogP contribution is 2.15. The zero-order chi connectivity index (χ0) is 13.7. The van der Waals surface area contributed by atoms with Crippen LogP contribution in [0.5, 0.6) is 0 Å². The lowest BCUT2D eigenvalue weighted by molar-refractivity contribution is 0.104. The number of ketones is 1. The van der Waals surface area contributed by atoms with E-state index in [4.69, 9.17) is 0 Å². The molecule has 0 radical (unpaired) electrons. The van der Waals surface area contributed by atoms with Gasteiger partial charge in [-0.1, -0.05) is 60.2 Å². The molecule has 0 aliphatic rings. The van der Waals surface area contributed by atoms with Crippen LogP contribution in [0, 0.1) is 18.3 Å². The van der Waals surface area contributed by atoms with E-state index in [1.54, 1.807) is 24.3 Å². The van der Waals surface area contributed by atoms with Crippen molar-refractivity contribution in [2.45, 2.75) is 6.92 Å². The van der Waals surface area contributed by atoms with Crippen molar-refractivity contribution in [3.8, 4) is 6.07 Å². The van der Waals surface area contributed by atoms with E-state index in [0.717, 1.165) is 11.1 Å². The predicted octanol–water partition coefficient (Wildman–Crippen LogP) is 3.78. The fraction of sp³-hybridized carbons (Fsp3) is 0.0588. The third-order valence-corrected chi connectivity index (χ3v) is 2.82. The van der Waals surface area contributed by atoms with Crippen molar-refractivity contribution in [1.29, 1.82) is 5.26 Å². The Kier molecular flexibility index (Phi) is 3.90. The van der Waals surface area contributed by atoms with E-state index in [9.17, 15) is 10.1 Å². The van der Waals surface area contributed by atoms with Crippen LogP contribution in [-0.2, 0) is 0 Å². The fourth-order valence-corrected chi connectivity index (χ4v) is 1.73. The Morgan fingerprint density at radius 3 is 2.21 bits per heavy atom. The summed E-state index contributed by atoms with van der Waals surface area (Å²) in [5.74, 6) is -0.155. The lowest BCUT2D eigenvalue weighted by atomic mass is 10.0. The van der Waals surface area contributed by atoms with Crippen molar-refractivity contribution >= 4 is 11.4 Å². The Balaban J connectivity index is 2.33. The number of carbonyl (C=O) groups excluding carboxylic acids is 1. The van der Waals surface area contributed by atoms with E-state index < -0.39 is 0 Å². The first-order valence-electron chi connectivity index (χ1n) is 5.99. The maximum absolute atomic E-state index is 12.0. The molecule has 2 aromatic rings. The molecule has 2 heteroatoms. The van der Waals surface area contributed by atoms with Gasteiger partial charge in [-0.15, -0.1) is 0 Å². The van der Waals surface area contributed by atoms with E-state index >= 15 is 0 Å². The van der Waals surface area contributed by atoms with Crippen LogP contribution in [0.2, 0.25) is 0 Å². The molecule has 0 N–H and O–H groups in total. The lowest BCUT2D eigenvalue weighted by Gasteiger charge is -2.00. The first-order valence-corrected chi connectivity index (χ1v) is 5.99. The van der Waals surface area contributed by atoms with Crippen molar-refractivity contribution in [3.05, 3.63) is 77.4 Å². The molecule has 2 aromatic carbocycles. The van der Waals surface area contributed by atoms with Crippen LogP contribution in [0.1, 0.15) is 21.5 Å². The van der Waals surface area contributed by atoms with Crippen molar-refractivity contribution in [3.63, 3.8) is 0 Å². The molecule has 0 amide bonds. The average molecular weight is 247 g/mol. The van der Waals surface area contributed by atoms with Crippen LogP contribution >= 0.6 is 0 Å². The van der Waals surface area contributed by atoms with E-state index in [-0.39, 0.29) is 5.78 Å². The molecule has 0 spiro atoms. The minimum atomic E-state index is -0.155. The van der Waals surface area contributed by atoms with Gasteiger partial charge in [0, 0.05) is 11.6 Å². The van der Waals surface area contributed by atoms with Crippen LogP contribution in [0.25, 0.3) is 5.57 Å². The number of benzene rings is 2. The van der Waals surface area contributed by atoms with Gasteiger partial charge < -0.3 is 0 Å². The monoisotopic (exact) mass is 247 g/mol. The second kappa shape index (κ2) is 5.79. The number of hydrogen-bond acceptors (Lipinski definition) is 2. The van der Waals surface area contributed by atoms with Gasteiger partial charge in [0.15, 0.2) is 5.78 Å². The Bertz CT molecular complexity index is 646. The molecule has 0 fully saturated rings. The molecule has 0 bridgehead atoms. The van der Waals surface area contributed by atoms with E-state index in [1.807, 2.05) is 37.3 Å². The lowest BCUT2D eigenvalue weighted by Crippen LogP contribution is -1.95. The molecule has 2 rings (SSSR count). The number of nitrogens with zero attached hydrogens (tertiary/aromatic N) is 1. The second-order valence-corrected chi connectivity index (χ2v) is 4.27. The summed E-state index contributed by atoms with van der Waals surface area (Å²) in [5, 5.41) is 9.17. The molecule has 0 atom stereocenters. The van der Waals surface area contributed by atoms with Gasteiger partial charge in [-0.05, 0) is 12.5 Å².